The van der Waals surface area contributed by atoms with Crippen LogP contribution in [0.3, 0.4) is 0 Å². The number of aromatic nitrogens is 3. The van der Waals surface area contributed by atoms with Crippen LogP contribution in [-0.2, 0) is 0 Å². The lowest BCUT2D eigenvalue weighted by atomic mass is 10.1. The maximum atomic E-state index is 8.06. The monoisotopic (exact) mass is 486 g/mol. The van der Waals surface area contributed by atoms with Crippen LogP contribution in [0.25, 0.3) is 11.4 Å². The average molecular weight is 487 g/mol. The maximum absolute atomic E-state index is 8.06. The number of halogens is 1. The van der Waals surface area contributed by atoms with E-state index >= 15 is 0 Å². The fraction of sp³-hybridized carbons (Fsp3) is 0.273. The first-order valence-electron chi connectivity index (χ1n) is 10.1. The summed E-state index contributed by atoms with van der Waals surface area (Å²) in [6.45, 7) is 3.13. The zero-order valence-corrected chi connectivity index (χ0v) is 20.5. The van der Waals surface area contributed by atoms with Crippen LogP contribution in [0.1, 0.15) is 12.5 Å². The standard InChI is InChI=1S/C22H27ClN8OS/c1-13(24)19-20(25)28-21(29-22(19)27-9-10-31(2)3)14-5-6-17(16(23)11-14)30-33-18-12-15(32-4)7-8-26-18/h5-8,11-12,24,30H,9-10H2,1-4H3,(H3,25,27,28,29). The number of benzene rings is 1. The van der Waals surface area contributed by atoms with E-state index in [4.69, 9.17) is 27.5 Å². The molecule has 174 valence electrons. The van der Waals surface area contributed by atoms with Gasteiger partial charge in [0.1, 0.15) is 22.4 Å². The first-order chi connectivity index (χ1) is 15.8. The largest absolute Gasteiger partial charge is 0.497 e. The van der Waals surface area contributed by atoms with Gasteiger partial charge in [0, 0.05) is 48.6 Å². The molecule has 11 heteroatoms. The second-order valence-electron chi connectivity index (χ2n) is 7.44. The summed E-state index contributed by atoms with van der Waals surface area (Å²) in [5, 5.41) is 12.6. The Balaban J connectivity index is 1.82. The van der Waals surface area contributed by atoms with Gasteiger partial charge in [0.15, 0.2) is 5.82 Å². The SMILES string of the molecule is COc1ccnc(SNc2ccc(-c3nc(N)c(C(C)=N)c(NCCN(C)C)n3)cc2Cl)c1. The highest BCUT2D eigenvalue weighted by atomic mass is 35.5. The zero-order chi connectivity index (χ0) is 24.0. The van der Waals surface area contributed by atoms with Gasteiger partial charge in [-0.05, 0) is 45.3 Å². The first-order valence-corrected chi connectivity index (χ1v) is 11.3. The number of nitrogens with zero attached hydrogens (tertiary/aromatic N) is 4. The van der Waals surface area contributed by atoms with Crippen molar-refractivity contribution < 1.29 is 4.74 Å². The van der Waals surface area contributed by atoms with Gasteiger partial charge >= 0.3 is 0 Å². The highest BCUT2D eigenvalue weighted by Gasteiger charge is 2.16. The fourth-order valence-corrected chi connectivity index (χ4v) is 3.89. The summed E-state index contributed by atoms with van der Waals surface area (Å²) >= 11 is 7.85. The van der Waals surface area contributed by atoms with Crippen molar-refractivity contribution in [3.05, 3.63) is 47.1 Å². The van der Waals surface area contributed by atoms with E-state index in [9.17, 15) is 0 Å². The molecular weight excluding hydrogens is 460 g/mol. The van der Waals surface area contributed by atoms with Gasteiger partial charge in [-0.1, -0.05) is 11.6 Å². The molecular formula is C22H27ClN8OS. The Bertz CT molecular complexity index is 1140. The van der Waals surface area contributed by atoms with Crippen LogP contribution in [0.2, 0.25) is 5.02 Å². The van der Waals surface area contributed by atoms with Gasteiger partial charge in [0.2, 0.25) is 0 Å². The molecule has 3 aromatic rings. The summed E-state index contributed by atoms with van der Waals surface area (Å²) in [7, 11) is 5.59. The minimum absolute atomic E-state index is 0.248. The molecule has 9 nitrogen and oxygen atoms in total. The lowest BCUT2D eigenvalue weighted by molar-refractivity contribution is 0.412. The molecule has 2 aromatic heterocycles. The smallest absolute Gasteiger partial charge is 0.163 e. The van der Waals surface area contributed by atoms with E-state index in [1.165, 1.54) is 11.9 Å². The van der Waals surface area contributed by atoms with Crippen LogP contribution in [0, 0.1) is 5.41 Å². The minimum Gasteiger partial charge on any atom is -0.497 e. The molecule has 0 unspecified atom stereocenters. The van der Waals surface area contributed by atoms with Crippen molar-refractivity contribution >= 4 is 46.6 Å². The first kappa shape index (κ1) is 24.6. The summed E-state index contributed by atoms with van der Waals surface area (Å²) in [6, 6.07) is 9.10. The minimum atomic E-state index is 0.248. The van der Waals surface area contributed by atoms with Crippen molar-refractivity contribution in [2.24, 2.45) is 0 Å². The number of likely N-dealkylation sites (N-methyl/N-ethyl adjacent to an activating group) is 1. The third-order valence-electron chi connectivity index (χ3n) is 4.60. The lowest BCUT2D eigenvalue weighted by Crippen LogP contribution is -2.22. The molecule has 0 aliphatic rings. The van der Waals surface area contributed by atoms with E-state index in [1.54, 1.807) is 32.4 Å². The van der Waals surface area contributed by atoms with E-state index < -0.39 is 0 Å². The number of nitrogens with two attached hydrogens (primary N) is 1. The molecule has 0 amide bonds. The normalized spacial score (nSPS) is 10.8. The number of methoxy groups -OCH3 is 1. The Kier molecular flexibility index (Phi) is 8.32. The van der Waals surface area contributed by atoms with Crippen LogP contribution in [-0.4, -0.2) is 59.9 Å². The third-order valence-corrected chi connectivity index (χ3v) is 5.67. The van der Waals surface area contributed by atoms with E-state index in [-0.39, 0.29) is 5.82 Å². The fourth-order valence-electron chi connectivity index (χ4n) is 2.92. The van der Waals surface area contributed by atoms with Gasteiger partial charge in [-0.2, -0.15) is 0 Å². The average Bonchev–Trinajstić information content (AvgIpc) is 2.77. The lowest BCUT2D eigenvalue weighted by Gasteiger charge is -2.16. The Morgan fingerprint density at radius 2 is 2.03 bits per heavy atom. The maximum Gasteiger partial charge on any atom is 0.163 e. The molecule has 1 aromatic carbocycles. The number of anilines is 3. The molecule has 0 aliphatic heterocycles. The van der Waals surface area contributed by atoms with Crippen molar-refractivity contribution in [3.63, 3.8) is 0 Å². The number of pyridine rings is 1. The number of ether oxygens (including phenoxy) is 1. The summed E-state index contributed by atoms with van der Waals surface area (Å²) in [6.07, 6.45) is 1.68. The van der Waals surface area contributed by atoms with Crippen molar-refractivity contribution in [1.29, 1.82) is 5.41 Å². The molecule has 0 atom stereocenters. The van der Waals surface area contributed by atoms with E-state index in [2.05, 4.69) is 29.9 Å². The number of nitrogens with one attached hydrogen (secondary N) is 3. The number of nitrogen functional groups attached to an aromatic ring is 1. The van der Waals surface area contributed by atoms with Crippen LogP contribution in [0.5, 0.6) is 5.75 Å². The molecule has 0 saturated heterocycles. The molecule has 0 bridgehead atoms. The highest BCUT2D eigenvalue weighted by molar-refractivity contribution is 8.00. The molecule has 0 saturated carbocycles. The molecule has 5 N–H and O–H groups in total. The third kappa shape index (κ3) is 6.47. The molecule has 0 fully saturated rings. The molecule has 0 spiro atoms. The van der Waals surface area contributed by atoms with Gasteiger partial charge < -0.3 is 30.8 Å². The van der Waals surface area contributed by atoms with Gasteiger partial charge in [-0.25, -0.2) is 15.0 Å². The van der Waals surface area contributed by atoms with Crippen LogP contribution in [0.4, 0.5) is 17.3 Å². The summed E-state index contributed by atoms with van der Waals surface area (Å²) < 4.78 is 8.42. The van der Waals surface area contributed by atoms with Crippen LogP contribution in [0.15, 0.2) is 41.6 Å². The molecule has 2 heterocycles. The topological polar surface area (TPSA) is 125 Å². The molecule has 0 aliphatic carbocycles. The van der Waals surface area contributed by atoms with Gasteiger partial charge in [0.25, 0.3) is 0 Å². The zero-order valence-electron chi connectivity index (χ0n) is 18.9. The second-order valence-corrected chi connectivity index (χ2v) is 8.68. The Morgan fingerprint density at radius 1 is 1.24 bits per heavy atom. The van der Waals surface area contributed by atoms with E-state index in [0.717, 1.165) is 23.0 Å². The molecule has 3 rings (SSSR count). The Labute approximate surface area is 202 Å². The predicted octanol–water partition coefficient (Wildman–Crippen LogP) is 4.26. The second kappa shape index (κ2) is 11.2. The van der Waals surface area contributed by atoms with Gasteiger partial charge in [0.05, 0.1) is 23.4 Å². The molecule has 33 heavy (non-hydrogen) atoms. The van der Waals surface area contributed by atoms with Crippen molar-refractivity contribution in [2.45, 2.75) is 11.9 Å². The van der Waals surface area contributed by atoms with Crippen molar-refractivity contribution in [1.82, 2.24) is 19.9 Å². The summed E-state index contributed by atoms with van der Waals surface area (Å²) in [5.74, 6) is 1.94. The van der Waals surface area contributed by atoms with Gasteiger partial charge in [-0.3, -0.25) is 0 Å². The quantitative estimate of drug-likeness (QED) is 0.245. The summed E-state index contributed by atoms with van der Waals surface area (Å²) in [4.78, 5) is 15.4. The number of hydrogen-bond donors (Lipinski definition) is 4. The van der Waals surface area contributed by atoms with Crippen molar-refractivity contribution in [3.8, 4) is 17.1 Å². The van der Waals surface area contributed by atoms with E-state index in [1.807, 2.05) is 32.3 Å². The van der Waals surface area contributed by atoms with Gasteiger partial charge in [-0.15, -0.1) is 0 Å². The Hall–Kier alpha value is -3.08. The highest BCUT2D eigenvalue weighted by Crippen LogP contribution is 2.32. The van der Waals surface area contributed by atoms with Crippen molar-refractivity contribution in [2.75, 3.05) is 50.1 Å². The number of rotatable bonds is 10. The number of hydrogen-bond acceptors (Lipinski definition) is 10. The van der Waals surface area contributed by atoms with E-state index in [0.29, 0.717) is 40.0 Å². The predicted molar refractivity (Wildman–Crippen MR) is 137 cm³/mol. The Morgan fingerprint density at radius 3 is 2.70 bits per heavy atom. The van der Waals surface area contributed by atoms with Crippen LogP contribution < -0.4 is 20.5 Å². The van der Waals surface area contributed by atoms with Crippen LogP contribution >= 0.6 is 23.5 Å². The molecule has 0 radical (unpaired) electrons. The summed E-state index contributed by atoms with van der Waals surface area (Å²) in [5.41, 5.74) is 8.43.